The van der Waals surface area contributed by atoms with Gasteiger partial charge < -0.3 is 10.1 Å². The van der Waals surface area contributed by atoms with E-state index in [1.807, 2.05) is 85.8 Å². The Bertz CT molecular complexity index is 1590. The molecular weight excluding hydrogens is 534 g/mol. The van der Waals surface area contributed by atoms with Gasteiger partial charge in [-0.1, -0.05) is 70.0 Å². The number of aromatic amines is 1. The molecule has 1 aliphatic rings. The number of benzene rings is 3. The summed E-state index contributed by atoms with van der Waals surface area (Å²) in [6, 6.07) is 22.6. The first kappa shape index (κ1) is 24.5. The normalized spacial score (nSPS) is 14.9. The molecule has 4 aromatic rings. The van der Waals surface area contributed by atoms with E-state index in [9.17, 15) is 14.4 Å². The van der Waals surface area contributed by atoms with E-state index in [0.717, 1.165) is 37.6 Å². The average molecular weight is 558 g/mol. The zero-order chi connectivity index (χ0) is 26.1. The van der Waals surface area contributed by atoms with Crippen LogP contribution in [0.25, 0.3) is 27.7 Å². The predicted molar refractivity (Wildman–Crippen MR) is 146 cm³/mol. The standard InChI is InChI=1S/C29H24BrN3O4/c1-17-7-12-22-21(15-17)27(19-5-3-2-4-6-19)28(29(37)31-22)23-16-24(18-8-10-20(30)11-9-18)33(32-23)25(34)13-14-26(35)36/h2-12,15-16,24,32H,13-14H2,1H3,(H,31,37)(H,35,36). The van der Waals surface area contributed by atoms with Gasteiger partial charge >= 0.3 is 5.97 Å². The number of nitrogens with one attached hydrogen (secondary N) is 2. The van der Waals surface area contributed by atoms with Crippen molar-refractivity contribution in [3.63, 3.8) is 0 Å². The third-order valence-corrected chi connectivity index (χ3v) is 6.91. The summed E-state index contributed by atoms with van der Waals surface area (Å²) in [6.45, 7) is 2.00. The van der Waals surface area contributed by atoms with Gasteiger partial charge in [0.15, 0.2) is 0 Å². The highest BCUT2D eigenvalue weighted by Gasteiger charge is 2.33. The molecule has 7 nitrogen and oxygen atoms in total. The Morgan fingerprint density at radius 1 is 0.973 bits per heavy atom. The molecule has 0 fully saturated rings. The molecule has 1 aromatic heterocycles. The SMILES string of the molecule is Cc1ccc2[nH]c(=O)c(C3=CC(c4ccc(Br)cc4)N(C(=O)CCC(=O)O)N3)c(-c3ccccc3)c2c1. The molecule has 1 unspecified atom stereocenters. The minimum absolute atomic E-state index is 0.171. The minimum Gasteiger partial charge on any atom is -0.481 e. The van der Waals surface area contributed by atoms with Gasteiger partial charge in [0.1, 0.15) is 0 Å². The van der Waals surface area contributed by atoms with Crippen molar-refractivity contribution in [2.75, 3.05) is 0 Å². The third kappa shape index (κ3) is 4.93. The van der Waals surface area contributed by atoms with Crippen LogP contribution in [0.4, 0.5) is 0 Å². The van der Waals surface area contributed by atoms with Crippen LogP contribution >= 0.6 is 15.9 Å². The zero-order valence-corrected chi connectivity index (χ0v) is 21.6. The van der Waals surface area contributed by atoms with Crippen molar-refractivity contribution in [2.45, 2.75) is 25.8 Å². The molecule has 0 bridgehead atoms. The van der Waals surface area contributed by atoms with Gasteiger partial charge in [-0.3, -0.25) is 19.8 Å². The third-order valence-electron chi connectivity index (χ3n) is 6.38. The van der Waals surface area contributed by atoms with Crippen molar-refractivity contribution in [1.29, 1.82) is 0 Å². The summed E-state index contributed by atoms with van der Waals surface area (Å²) >= 11 is 3.44. The minimum atomic E-state index is -1.05. The number of amides is 1. The van der Waals surface area contributed by atoms with Crippen LogP contribution in [0.1, 0.15) is 35.6 Å². The van der Waals surface area contributed by atoms with Gasteiger partial charge in [0.25, 0.3) is 5.56 Å². The molecule has 0 aliphatic carbocycles. The van der Waals surface area contributed by atoms with Crippen LogP contribution in [0.3, 0.4) is 0 Å². The number of rotatable bonds is 6. The molecule has 0 radical (unpaired) electrons. The fourth-order valence-corrected chi connectivity index (χ4v) is 4.90. The molecule has 5 rings (SSSR count). The van der Waals surface area contributed by atoms with E-state index in [0.29, 0.717) is 11.3 Å². The molecule has 0 saturated heterocycles. The number of hydrazine groups is 1. The van der Waals surface area contributed by atoms with Crippen LogP contribution in [0, 0.1) is 6.92 Å². The molecular formula is C29H24BrN3O4. The molecule has 1 amide bonds. The van der Waals surface area contributed by atoms with Crippen molar-refractivity contribution in [3.8, 4) is 11.1 Å². The molecule has 0 saturated carbocycles. The largest absolute Gasteiger partial charge is 0.481 e. The average Bonchev–Trinajstić information content (AvgIpc) is 3.32. The highest BCUT2D eigenvalue weighted by atomic mass is 79.9. The lowest BCUT2D eigenvalue weighted by Crippen LogP contribution is -2.40. The van der Waals surface area contributed by atoms with Crippen LogP contribution in [0.2, 0.25) is 0 Å². The maximum Gasteiger partial charge on any atom is 0.303 e. The molecule has 2 heterocycles. The summed E-state index contributed by atoms with van der Waals surface area (Å²) in [6.07, 6.45) is 1.39. The zero-order valence-electron chi connectivity index (χ0n) is 20.0. The fourth-order valence-electron chi connectivity index (χ4n) is 4.63. The van der Waals surface area contributed by atoms with Crippen LogP contribution in [0.5, 0.6) is 0 Å². The number of fused-ring (bicyclic) bond motifs is 1. The molecule has 8 heteroatoms. The number of hydrogen-bond donors (Lipinski definition) is 3. The molecule has 186 valence electrons. The van der Waals surface area contributed by atoms with E-state index in [2.05, 4.69) is 26.3 Å². The molecule has 3 N–H and O–H groups in total. The number of aryl methyl sites for hydroxylation is 1. The maximum absolute atomic E-state index is 13.6. The lowest BCUT2D eigenvalue weighted by molar-refractivity contribution is -0.142. The quantitative estimate of drug-likeness (QED) is 0.288. The molecule has 1 aliphatic heterocycles. The number of carbonyl (C=O) groups is 2. The van der Waals surface area contributed by atoms with Crippen LogP contribution in [-0.4, -0.2) is 27.0 Å². The number of carboxylic acids is 1. The first-order valence-electron chi connectivity index (χ1n) is 11.8. The van der Waals surface area contributed by atoms with E-state index in [1.165, 1.54) is 5.01 Å². The summed E-state index contributed by atoms with van der Waals surface area (Å²) in [7, 11) is 0. The number of hydrogen-bond acceptors (Lipinski definition) is 4. The Hall–Kier alpha value is -4.17. The van der Waals surface area contributed by atoms with Crippen molar-refractivity contribution in [1.82, 2.24) is 15.4 Å². The van der Waals surface area contributed by atoms with E-state index in [-0.39, 0.29) is 24.3 Å². The lowest BCUT2D eigenvalue weighted by atomic mass is 9.93. The molecule has 0 spiro atoms. The highest BCUT2D eigenvalue weighted by Crippen LogP contribution is 2.37. The second kappa shape index (κ2) is 10.1. The second-order valence-corrected chi connectivity index (χ2v) is 9.88. The maximum atomic E-state index is 13.6. The number of halogens is 1. The Morgan fingerprint density at radius 3 is 2.41 bits per heavy atom. The Kier molecular flexibility index (Phi) is 6.67. The van der Waals surface area contributed by atoms with Crippen LogP contribution in [-0.2, 0) is 9.59 Å². The number of carbonyl (C=O) groups excluding carboxylic acids is 1. The number of aliphatic carboxylic acids is 1. The van der Waals surface area contributed by atoms with E-state index in [4.69, 9.17) is 5.11 Å². The van der Waals surface area contributed by atoms with Gasteiger partial charge in [0, 0.05) is 27.4 Å². The Labute approximate surface area is 221 Å². The number of carboxylic acid groups (broad SMARTS) is 1. The topological polar surface area (TPSA) is 103 Å². The van der Waals surface area contributed by atoms with Gasteiger partial charge in [0.05, 0.1) is 23.7 Å². The summed E-state index contributed by atoms with van der Waals surface area (Å²) in [5, 5.41) is 11.4. The Balaban J connectivity index is 1.70. The number of pyridine rings is 1. The van der Waals surface area contributed by atoms with E-state index in [1.54, 1.807) is 0 Å². The second-order valence-electron chi connectivity index (χ2n) is 8.97. The van der Waals surface area contributed by atoms with E-state index >= 15 is 0 Å². The van der Waals surface area contributed by atoms with Crippen LogP contribution < -0.4 is 11.0 Å². The predicted octanol–water partition coefficient (Wildman–Crippen LogP) is 5.56. The van der Waals surface area contributed by atoms with Crippen molar-refractivity contribution >= 4 is 44.4 Å². The number of aromatic nitrogens is 1. The lowest BCUT2D eigenvalue weighted by Gasteiger charge is -2.25. The van der Waals surface area contributed by atoms with Gasteiger partial charge in [0.2, 0.25) is 5.91 Å². The summed E-state index contributed by atoms with van der Waals surface area (Å²) < 4.78 is 0.892. The summed E-state index contributed by atoms with van der Waals surface area (Å²) in [4.78, 5) is 40.8. The molecule has 37 heavy (non-hydrogen) atoms. The Morgan fingerprint density at radius 2 is 1.70 bits per heavy atom. The fraction of sp³-hybridized carbons (Fsp3) is 0.138. The van der Waals surface area contributed by atoms with Gasteiger partial charge in [-0.2, -0.15) is 0 Å². The van der Waals surface area contributed by atoms with E-state index < -0.39 is 12.0 Å². The smallest absolute Gasteiger partial charge is 0.303 e. The van der Waals surface area contributed by atoms with Gasteiger partial charge in [-0.25, -0.2) is 5.01 Å². The number of H-pyrrole nitrogens is 1. The number of nitrogens with zero attached hydrogens (tertiary/aromatic N) is 1. The molecule has 3 aromatic carbocycles. The summed E-state index contributed by atoms with van der Waals surface area (Å²) in [5.41, 5.74) is 7.98. The monoisotopic (exact) mass is 557 g/mol. The first-order valence-corrected chi connectivity index (χ1v) is 12.6. The van der Waals surface area contributed by atoms with Crippen molar-refractivity contribution in [3.05, 3.63) is 110 Å². The van der Waals surface area contributed by atoms with Crippen molar-refractivity contribution < 1.29 is 14.7 Å². The first-order chi connectivity index (χ1) is 17.8. The van der Waals surface area contributed by atoms with Crippen LogP contribution in [0.15, 0.2) is 88.1 Å². The van der Waals surface area contributed by atoms with Gasteiger partial charge in [-0.15, -0.1) is 0 Å². The highest BCUT2D eigenvalue weighted by molar-refractivity contribution is 9.10. The summed E-state index contributed by atoms with van der Waals surface area (Å²) in [5.74, 6) is -1.43. The molecule has 1 atom stereocenters. The van der Waals surface area contributed by atoms with Crippen molar-refractivity contribution in [2.24, 2.45) is 0 Å². The van der Waals surface area contributed by atoms with Gasteiger partial charge in [-0.05, 0) is 48.4 Å².